The molecule has 0 aliphatic rings. The number of nitriles is 1. The first-order valence-corrected chi connectivity index (χ1v) is 5.21. The summed E-state index contributed by atoms with van der Waals surface area (Å²) in [4.78, 5) is 21.5. The SMILES string of the molecule is COC(=O)C(C#N)c1ccc(Br)cc1[N+](=O)[O-]. The van der Waals surface area contributed by atoms with Crippen LogP contribution in [-0.2, 0) is 9.53 Å². The fourth-order valence-electron chi connectivity index (χ4n) is 1.29. The largest absolute Gasteiger partial charge is 0.468 e. The predicted molar refractivity (Wildman–Crippen MR) is 61.2 cm³/mol. The van der Waals surface area contributed by atoms with Crippen molar-refractivity contribution in [1.29, 1.82) is 5.26 Å². The Balaban J connectivity index is 3.34. The van der Waals surface area contributed by atoms with Gasteiger partial charge in [-0.25, -0.2) is 0 Å². The van der Waals surface area contributed by atoms with E-state index in [-0.39, 0.29) is 11.3 Å². The van der Waals surface area contributed by atoms with Crippen molar-refractivity contribution in [3.8, 4) is 6.07 Å². The highest BCUT2D eigenvalue weighted by Crippen LogP contribution is 2.30. The molecule has 1 unspecified atom stereocenters. The van der Waals surface area contributed by atoms with E-state index in [1.165, 1.54) is 18.2 Å². The van der Waals surface area contributed by atoms with Crippen LogP contribution in [0, 0.1) is 21.4 Å². The van der Waals surface area contributed by atoms with Gasteiger partial charge in [-0.05, 0) is 12.1 Å². The lowest BCUT2D eigenvalue weighted by Gasteiger charge is -2.07. The van der Waals surface area contributed by atoms with E-state index in [2.05, 4.69) is 20.7 Å². The van der Waals surface area contributed by atoms with Crippen molar-refractivity contribution in [1.82, 2.24) is 0 Å². The van der Waals surface area contributed by atoms with Gasteiger partial charge >= 0.3 is 5.97 Å². The Labute approximate surface area is 105 Å². The first-order valence-electron chi connectivity index (χ1n) is 4.42. The number of nitro benzene ring substituents is 1. The van der Waals surface area contributed by atoms with E-state index in [9.17, 15) is 14.9 Å². The Bertz CT molecular complexity index is 510. The van der Waals surface area contributed by atoms with E-state index >= 15 is 0 Å². The number of carbonyl (C=O) groups is 1. The molecular weight excluding hydrogens is 292 g/mol. The number of benzene rings is 1. The van der Waals surface area contributed by atoms with Crippen molar-refractivity contribution < 1.29 is 14.5 Å². The van der Waals surface area contributed by atoms with E-state index in [0.29, 0.717) is 4.47 Å². The normalized spacial score (nSPS) is 11.4. The number of esters is 1. The Morgan fingerprint density at radius 3 is 2.76 bits per heavy atom. The van der Waals surface area contributed by atoms with Crippen molar-refractivity contribution in [3.05, 3.63) is 38.3 Å². The van der Waals surface area contributed by atoms with Gasteiger partial charge in [0.1, 0.15) is 0 Å². The van der Waals surface area contributed by atoms with Crippen LogP contribution in [0.3, 0.4) is 0 Å². The van der Waals surface area contributed by atoms with Gasteiger partial charge in [0.25, 0.3) is 5.69 Å². The van der Waals surface area contributed by atoms with Crippen molar-refractivity contribution in [2.24, 2.45) is 0 Å². The van der Waals surface area contributed by atoms with Gasteiger partial charge in [-0.2, -0.15) is 5.26 Å². The minimum absolute atomic E-state index is 0.0209. The number of halogens is 1. The first-order chi connectivity index (χ1) is 8.01. The number of rotatable bonds is 3. The molecule has 0 aliphatic carbocycles. The molecule has 0 amide bonds. The van der Waals surface area contributed by atoms with Gasteiger partial charge in [0.05, 0.1) is 23.7 Å². The van der Waals surface area contributed by atoms with Crippen molar-refractivity contribution in [2.75, 3.05) is 7.11 Å². The summed E-state index contributed by atoms with van der Waals surface area (Å²) in [7, 11) is 1.12. The second-order valence-electron chi connectivity index (χ2n) is 3.05. The molecule has 0 N–H and O–H groups in total. The van der Waals surface area contributed by atoms with Gasteiger partial charge in [-0.3, -0.25) is 14.9 Å². The molecule has 0 aromatic heterocycles. The van der Waals surface area contributed by atoms with Gasteiger partial charge in [0.2, 0.25) is 0 Å². The second-order valence-corrected chi connectivity index (χ2v) is 3.96. The van der Waals surface area contributed by atoms with Crippen LogP contribution < -0.4 is 0 Å². The summed E-state index contributed by atoms with van der Waals surface area (Å²) in [5.74, 6) is -2.12. The minimum Gasteiger partial charge on any atom is -0.468 e. The van der Waals surface area contributed by atoms with Crippen LogP contribution in [0.2, 0.25) is 0 Å². The zero-order valence-electron chi connectivity index (χ0n) is 8.71. The molecule has 0 saturated heterocycles. The lowest BCUT2D eigenvalue weighted by atomic mass is 9.99. The molecule has 0 fully saturated rings. The summed E-state index contributed by atoms with van der Waals surface area (Å²) >= 11 is 3.09. The van der Waals surface area contributed by atoms with Crippen molar-refractivity contribution in [3.63, 3.8) is 0 Å². The zero-order valence-corrected chi connectivity index (χ0v) is 10.3. The fourth-order valence-corrected chi connectivity index (χ4v) is 1.64. The Morgan fingerprint density at radius 2 is 2.29 bits per heavy atom. The molecule has 0 spiro atoms. The van der Waals surface area contributed by atoms with Crippen LogP contribution >= 0.6 is 15.9 Å². The molecule has 17 heavy (non-hydrogen) atoms. The molecule has 0 radical (unpaired) electrons. The molecule has 6 nitrogen and oxygen atoms in total. The lowest BCUT2D eigenvalue weighted by molar-refractivity contribution is -0.385. The number of ether oxygens (including phenoxy) is 1. The zero-order chi connectivity index (χ0) is 13.0. The monoisotopic (exact) mass is 298 g/mol. The maximum absolute atomic E-state index is 11.3. The van der Waals surface area contributed by atoms with E-state index < -0.39 is 16.8 Å². The predicted octanol–water partition coefficient (Wildman–Crippen LogP) is 2.14. The van der Waals surface area contributed by atoms with Crippen LogP contribution in [0.25, 0.3) is 0 Å². The van der Waals surface area contributed by atoms with Crippen LogP contribution in [0.15, 0.2) is 22.7 Å². The van der Waals surface area contributed by atoms with Crippen LogP contribution in [0.5, 0.6) is 0 Å². The van der Waals surface area contributed by atoms with Gasteiger partial charge in [0.15, 0.2) is 5.92 Å². The fraction of sp³-hybridized carbons (Fsp3) is 0.200. The van der Waals surface area contributed by atoms with Gasteiger partial charge in [-0.1, -0.05) is 15.9 Å². The van der Waals surface area contributed by atoms with Gasteiger partial charge in [0, 0.05) is 10.5 Å². The number of carbonyl (C=O) groups excluding carboxylic acids is 1. The summed E-state index contributed by atoms with van der Waals surface area (Å²) in [5, 5.41) is 19.7. The molecule has 88 valence electrons. The highest BCUT2D eigenvalue weighted by atomic mass is 79.9. The van der Waals surface area contributed by atoms with Crippen LogP contribution in [0.1, 0.15) is 11.5 Å². The molecule has 1 aromatic rings. The van der Waals surface area contributed by atoms with Gasteiger partial charge in [-0.15, -0.1) is 0 Å². The average molecular weight is 299 g/mol. The highest BCUT2D eigenvalue weighted by molar-refractivity contribution is 9.10. The standard InChI is InChI=1S/C10H7BrN2O4/c1-17-10(14)8(5-12)7-3-2-6(11)4-9(7)13(15)16/h2-4,8H,1H3. The molecule has 0 heterocycles. The maximum Gasteiger partial charge on any atom is 0.327 e. The van der Waals surface area contributed by atoms with E-state index in [1.54, 1.807) is 6.07 Å². The second kappa shape index (κ2) is 5.41. The summed E-state index contributed by atoms with van der Waals surface area (Å²) in [5.41, 5.74) is -0.274. The van der Waals surface area contributed by atoms with E-state index in [0.717, 1.165) is 7.11 Å². The van der Waals surface area contributed by atoms with Crippen LogP contribution in [-0.4, -0.2) is 18.0 Å². The Kier molecular flexibility index (Phi) is 4.17. The third kappa shape index (κ3) is 2.79. The first kappa shape index (κ1) is 13.1. The maximum atomic E-state index is 11.3. The van der Waals surface area contributed by atoms with E-state index in [4.69, 9.17) is 5.26 Å². The van der Waals surface area contributed by atoms with E-state index in [1.807, 2.05) is 0 Å². The molecule has 7 heteroatoms. The molecular formula is C10H7BrN2O4. The Morgan fingerprint density at radius 1 is 1.65 bits per heavy atom. The number of hydrogen-bond acceptors (Lipinski definition) is 5. The molecule has 1 atom stereocenters. The summed E-state index contributed by atoms with van der Waals surface area (Å²) in [6, 6.07) is 5.81. The topological polar surface area (TPSA) is 93.2 Å². The lowest BCUT2D eigenvalue weighted by Crippen LogP contribution is -2.14. The summed E-state index contributed by atoms with van der Waals surface area (Å²) in [6.45, 7) is 0. The minimum atomic E-state index is -1.30. The molecule has 0 aliphatic heterocycles. The molecule has 1 rings (SSSR count). The number of nitrogens with zero attached hydrogens (tertiary/aromatic N) is 2. The third-order valence-corrected chi connectivity index (χ3v) is 2.56. The van der Waals surface area contributed by atoms with Gasteiger partial charge < -0.3 is 4.74 Å². The highest BCUT2D eigenvalue weighted by Gasteiger charge is 2.28. The average Bonchev–Trinajstić information content (AvgIpc) is 2.31. The summed E-state index contributed by atoms with van der Waals surface area (Å²) < 4.78 is 4.92. The van der Waals surface area contributed by atoms with Crippen LogP contribution in [0.4, 0.5) is 5.69 Å². The number of methoxy groups -OCH3 is 1. The third-order valence-electron chi connectivity index (χ3n) is 2.07. The molecule has 0 saturated carbocycles. The van der Waals surface area contributed by atoms with Crippen molar-refractivity contribution >= 4 is 27.6 Å². The Hall–Kier alpha value is -1.94. The summed E-state index contributed by atoms with van der Waals surface area (Å²) in [6.07, 6.45) is 0. The smallest absolute Gasteiger partial charge is 0.327 e. The number of hydrogen-bond donors (Lipinski definition) is 0. The molecule has 1 aromatic carbocycles. The quantitative estimate of drug-likeness (QED) is 0.484. The molecule has 0 bridgehead atoms. The van der Waals surface area contributed by atoms with Crippen molar-refractivity contribution in [2.45, 2.75) is 5.92 Å². The number of nitro groups is 1.